The molecule has 0 saturated heterocycles. The fourth-order valence-corrected chi connectivity index (χ4v) is 10.3. The van der Waals surface area contributed by atoms with E-state index in [-0.39, 0.29) is 5.41 Å². The summed E-state index contributed by atoms with van der Waals surface area (Å²) in [6.07, 6.45) is 0. The molecule has 1 heteroatoms. The van der Waals surface area contributed by atoms with Gasteiger partial charge in [0.1, 0.15) is 11.2 Å². The molecule has 0 fully saturated rings. The quantitative estimate of drug-likeness (QED) is 0.164. The first-order valence-corrected chi connectivity index (χ1v) is 20.3. The van der Waals surface area contributed by atoms with E-state index in [0.29, 0.717) is 0 Å². The second-order valence-corrected chi connectivity index (χ2v) is 16.3. The van der Waals surface area contributed by atoms with E-state index in [4.69, 9.17) is 4.42 Å². The van der Waals surface area contributed by atoms with Gasteiger partial charge in [-0.2, -0.15) is 0 Å². The number of benzene rings is 10. The molecule has 1 aromatic heterocycles. The Balaban J connectivity index is 1.04. The Morgan fingerprint density at radius 3 is 1.50 bits per heavy atom. The molecule has 0 saturated carbocycles. The molecule has 272 valence electrons. The summed E-state index contributed by atoms with van der Waals surface area (Å²) in [6, 6.07) is 71.3. The van der Waals surface area contributed by atoms with Crippen molar-refractivity contribution in [1.29, 1.82) is 0 Å². The van der Waals surface area contributed by atoms with Crippen LogP contribution >= 0.6 is 0 Å². The number of hydrogen-bond donors (Lipinski definition) is 0. The van der Waals surface area contributed by atoms with Crippen LogP contribution in [0.3, 0.4) is 0 Å². The lowest BCUT2D eigenvalue weighted by atomic mass is 9.78. The number of furan rings is 1. The molecular formula is C57H38O. The van der Waals surface area contributed by atoms with Gasteiger partial charge in [-0.25, -0.2) is 0 Å². The van der Waals surface area contributed by atoms with Crippen molar-refractivity contribution in [2.75, 3.05) is 0 Å². The van der Waals surface area contributed by atoms with Crippen LogP contribution in [0.15, 0.2) is 199 Å². The van der Waals surface area contributed by atoms with Gasteiger partial charge in [0.2, 0.25) is 0 Å². The predicted molar refractivity (Wildman–Crippen MR) is 246 cm³/mol. The van der Waals surface area contributed by atoms with Crippen molar-refractivity contribution in [2.24, 2.45) is 0 Å². The van der Waals surface area contributed by atoms with Gasteiger partial charge in [0.25, 0.3) is 0 Å². The summed E-state index contributed by atoms with van der Waals surface area (Å²) in [6.45, 7) is 4.79. The highest BCUT2D eigenvalue weighted by Gasteiger charge is 2.38. The largest absolute Gasteiger partial charge is 0.455 e. The minimum atomic E-state index is -0.146. The lowest BCUT2D eigenvalue weighted by Crippen LogP contribution is -2.16. The van der Waals surface area contributed by atoms with Crippen molar-refractivity contribution in [3.63, 3.8) is 0 Å². The highest BCUT2D eigenvalue weighted by molar-refractivity contribution is 6.22. The van der Waals surface area contributed by atoms with Crippen LogP contribution in [0, 0.1) is 0 Å². The van der Waals surface area contributed by atoms with Crippen molar-refractivity contribution in [2.45, 2.75) is 19.3 Å². The summed E-state index contributed by atoms with van der Waals surface area (Å²) < 4.78 is 6.50. The van der Waals surface area contributed by atoms with Gasteiger partial charge < -0.3 is 4.42 Å². The molecule has 0 aliphatic heterocycles. The molecule has 1 heterocycles. The monoisotopic (exact) mass is 738 g/mol. The van der Waals surface area contributed by atoms with Gasteiger partial charge in [-0.15, -0.1) is 0 Å². The summed E-state index contributed by atoms with van der Waals surface area (Å²) in [4.78, 5) is 0. The van der Waals surface area contributed by atoms with E-state index in [2.05, 4.69) is 202 Å². The smallest absolute Gasteiger partial charge is 0.143 e. The molecular weight excluding hydrogens is 701 g/mol. The van der Waals surface area contributed by atoms with E-state index < -0.39 is 0 Å². The average molecular weight is 739 g/mol. The van der Waals surface area contributed by atoms with Crippen LogP contribution in [0.25, 0.3) is 110 Å². The zero-order valence-corrected chi connectivity index (χ0v) is 32.4. The van der Waals surface area contributed by atoms with E-state index in [1.807, 2.05) is 6.07 Å². The fourth-order valence-electron chi connectivity index (χ4n) is 10.3. The molecule has 10 aromatic carbocycles. The summed E-state index contributed by atoms with van der Waals surface area (Å²) in [5.74, 6) is 0. The van der Waals surface area contributed by atoms with Crippen LogP contribution in [0.5, 0.6) is 0 Å². The predicted octanol–water partition coefficient (Wildman–Crippen LogP) is 16.0. The third-order valence-electron chi connectivity index (χ3n) is 12.8. The van der Waals surface area contributed by atoms with E-state index in [0.717, 1.165) is 33.1 Å². The number of hydrogen-bond acceptors (Lipinski definition) is 1. The molecule has 0 spiro atoms. The minimum Gasteiger partial charge on any atom is -0.455 e. The summed E-state index contributed by atoms with van der Waals surface area (Å²) in [7, 11) is 0. The van der Waals surface area contributed by atoms with E-state index in [9.17, 15) is 0 Å². The molecule has 0 radical (unpaired) electrons. The third-order valence-corrected chi connectivity index (χ3v) is 12.8. The van der Waals surface area contributed by atoms with Crippen molar-refractivity contribution >= 4 is 54.3 Å². The maximum absolute atomic E-state index is 6.50. The Labute approximate surface area is 337 Å². The average Bonchev–Trinajstić information content (AvgIpc) is 3.77. The highest BCUT2D eigenvalue weighted by Crippen LogP contribution is 2.55. The Bertz CT molecular complexity index is 3430. The molecule has 11 aromatic rings. The first kappa shape index (κ1) is 33.0. The van der Waals surface area contributed by atoms with Gasteiger partial charge in [0, 0.05) is 21.8 Å². The van der Waals surface area contributed by atoms with Gasteiger partial charge in [0.05, 0.1) is 0 Å². The van der Waals surface area contributed by atoms with Gasteiger partial charge in [-0.1, -0.05) is 190 Å². The molecule has 1 aliphatic carbocycles. The van der Waals surface area contributed by atoms with Crippen LogP contribution in [-0.2, 0) is 5.41 Å². The van der Waals surface area contributed by atoms with E-state index in [1.54, 1.807) is 0 Å². The minimum absolute atomic E-state index is 0.146. The first-order valence-electron chi connectivity index (χ1n) is 20.3. The van der Waals surface area contributed by atoms with Crippen molar-refractivity contribution < 1.29 is 4.42 Å². The molecule has 0 atom stereocenters. The molecule has 0 unspecified atom stereocenters. The number of rotatable bonds is 4. The Kier molecular flexibility index (Phi) is 7.04. The zero-order chi connectivity index (χ0) is 38.5. The van der Waals surface area contributed by atoms with Crippen molar-refractivity contribution in [1.82, 2.24) is 0 Å². The van der Waals surface area contributed by atoms with Gasteiger partial charge in [-0.3, -0.25) is 0 Å². The topological polar surface area (TPSA) is 13.1 Å². The van der Waals surface area contributed by atoms with E-state index >= 15 is 0 Å². The maximum atomic E-state index is 6.50. The van der Waals surface area contributed by atoms with Crippen molar-refractivity contribution in [3.8, 4) is 55.6 Å². The number of fused-ring (bicyclic) bond motifs is 10. The standard InChI is InChI=1S/C57H38O/c1-57(2)50-32-31-35-15-3-4-20-40(35)54(50)49-29-13-26-41(55(49)57)36-16-11-18-38(33-36)52-44-22-5-7-24-46(44)53(47-25-8-6-23-45(47)52)39-19-12-17-37(34-39)42-27-14-28-48-43-21-9-10-30-51(43)58-56(42)48/h3-34H,1-2H3. The molecule has 12 rings (SSSR count). The fraction of sp³-hybridized carbons (Fsp3) is 0.0526. The lowest BCUT2D eigenvalue weighted by Gasteiger charge is -2.25. The summed E-state index contributed by atoms with van der Waals surface area (Å²) in [5, 5.41) is 9.87. The molecule has 0 amide bonds. The molecule has 1 nitrogen and oxygen atoms in total. The van der Waals surface area contributed by atoms with Crippen LogP contribution in [0.4, 0.5) is 0 Å². The van der Waals surface area contributed by atoms with Crippen molar-refractivity contribution in [3.05, 3.63) is 205 Å². The molecule has 0 N–H and O–H groups in total. The lowest BCUT2D eigenvalue weighted by molar-refractivity contribution is 0.662. The van der Waals surface area contributed by atoms with Gasteiger partial charge in [0.15, 0.2) is 0 Å². The first-order chi connectivity index (χ1) is 28.5. The third kappa shape index (κ3) is 4.71. The van der Waals surface area contributed by atoms with Gasteiger partial charge >= 0.3 is 0 Å². The molecule has 0 bridgehead atoms. The Morgan fingerprint density at radius 2 is 0.828 bits per heavy atom. The molecule has 58 heavy (non-hydrogen) atoms. The second kappa shape index (κ2) is 12.4. The van der Waals surface area contributed by atoms with Crippen LogP contribution < -0.4 is 0 Å². The number of para-hydroxylation sites is 2. The Hall–Kier alpha value is -7.22. The zero-order valence-electron chi connectivity index (χ0n) is 32.4. The summed E-state index contributed by atoms with van der Waals surface area (Å²) in [5.41, 5.74) is 16.9. The summed E-state index contributed by atoms with van der Waals surface area (Å²) >= 11 is 0. The normalized spacial score (nSPS) is 13.1. The SMILES string of the molecule is CC1(C)c2ccc3ccccc3c2-c2cccc(-c3cccc(-c4c5ccccc5c(-c5cccc(-c6cccc7c6oc6ccccc67)c5)c5ccccc45)c3)c21. The van der Waals surface area contributed by atoms with Crippen LogP contribution in [0.2, 0.25) is 0 Å². The Morgan fingerprint density at radius 1 is 0.345 bits per heavy atom. The van der Waals surface area contributed by atoms with Crippen LogP contribution in [-0.4, -0.2) is 0 Å². The molecule has 1 aliphatic rings. The highest BCUT2D eigenvalue weighted by atomic mass is 16.3. The van der Waals surface area contributed by atoms with Crippen LogP contribution in [0.1, 0.15) is 25.0 Å². The second-order valence-electron chi connectivity index (χ2n) is 16.3. The maximum Gasteiger partial charge on any atom is 0.143 e. The van der Waals surface area contributed by atoms with E-state index in [1.165, 1.54) is 88.0 Å². The van der Waals surface area contributed by atoms with Gasteiger partial charge in [-0.05, 0) is 112 Å².